The van der Waals surface area contributed by atoms with Crippen LogP contribution in [0.15, 0.2) is 18.2 Å². The maximum atomic E-state index is 12.0. The number of hydrogen-bond acceptors (Lipinski definition) is 5. The van der Waals surface area contributed by atoms with Crippen LogP contribution in [0.25, 0.3) is 0 Å². The summed E-state index contributed by atoms with van der Waals surface area (Å²) in [5, 5.41) is 0. The van der Waals surface area contributed by atoms with Crippen molar-refractivity contribution in [2.24, 2.45) is 0 Å². The van der Waals surface area contributed by atoms with E-state index >= 15 is 0 Å². The molecule has 0 N–H and O–H groups in total. The Morgan fingerprint density at radius 3 is 2.25 bits per heavy atom. The van der Waals surface area contributed by atoms with Crippen LogP contribution in [0.4, 0.5) is 0 Å². The molecule has 0 atom stereocenters. The van der Waals surface area contributed by atoms with E-state index in [9.17, 15) is 13.2 Å². The van der Waals surface area contributed by atoms with Gasteiger partial charge >= 0.3 is 0 Å². The van der Waals surface area contributed by atoms with Gasteiger partial charge in [-0.25, -0.2) is 8.42 Å². The average molecular weight is 300 g/mol. The highest BCUT2D eigenvalue weighted by Gasteiger charge is 2.13. The lowest BCUT2D eigenvalue weighted by Crippen LogP contribution is -2.10. The number of sulfone groups is 1. The Kier molecular flexibility index (Phi) is 6.01. The van der Waals surface area contributed by atoms with Crippen molar-refractivity contribution in [1.82, 2.24) is 0 Å². The fourth-order valence-corrected chi connectivity index (χ4v) is 2.20. The molecule has 0 radical (unpaired) electrons. The molecule has 0 unspecified atom stereocenters. The second kappa shape index (κ2) is 7.28. The summed E-state index contributed by atoms with van der Waals surface area (Å²) in [7, 11) is -3.14. The van der Waals surface area contributed by atoms with E-state index in [0.29, 0.717) is 30.3 Å². The van der Waals surface area contributed by atoms with Crippen molar-refractivity contribution >= 4 is 15.6 Å². The van der Waals surface area contributed by atoms with Crippen LogP contribution in [0.5, 0.6) is 11.5 Å². The molecule has 5 nitrogen and oxygen atoms in total. The average Bonchev–Trinajstić information content (AvgIpc) is 2.37. The molecule has 0 fully saturated rings. The number of carbonyl (C=O) groups is 1. The molecule has 0 saturated heterocycles. The second-order valence-electron chi connectivity index (χ2n) is 4.33. The molecule has 112 valence electrons. The molecule has 6 heteroatoms. The molecule has 0 aliphatic carbocycles. The Morgan fingerprint density at radius 2 is 1.70 bits per heavy atom. The molecule has 1 aromatic rings. The zero-order chi connectivity index (χ0) is 15.2. The highest BCUT2D eigenvalue weighted by molar-refractivity contribution is 7.90. The molecule has 20 heavy (non-hydrogen) atoms. The van der Waals surface area contributed by atoms with Crippen LogP contribution in [0.1, 0.15) is 30.6 Å². The SMILES string of the molecule is CCOc1ccc(C(=O)CCS(C)(=O)=O)cc1OCC. The number of carbonyl (C=O) groups excluding carboxylic acids is 1. The quantitative estimate of drug-likeness (QED) is 0.688. The molecule has 0 aliphatic heterocycles. The number of ether oxygens (including phenoxy) is 2. The third-order valence-electron chi connectivity index (χ3n) is 2.57. The van der Waals surface area contributed by atoms with Crippen molar-refractivity contribution in [3.05, 3.63) is 23.8 Å². The number of hydrogen-bond donors (Lipinski definition) is 0. The minimum atomic E-state index is -3.14. The van der Waals surface area contributed by atoms with Gasteiger partial charge in [0.1, 0.15) is 9.84 Å². The van der Waals surface area contributed by atoms with Crippen LogP contribution in [-0.2, 0) is 9.84 Å². The Hall–Kier alpha value is -1.56. The summed E-state index contributed by atoms with van der Waals surface area (Å²) in [6, 6.07) is 4.89. The Balaban J connectivity index is 2.90. The number of benzene rings is 1. The normalized spacial score (nSPS) is 11.2. The van der Waals surface area contributed by atoms with E-state index in [4.69, 9.17) is 9.47 Å². The first-order valence-corrected chi connectivity index (χ1v) is 8.54. The molecule has 0 amide bonds. The topological polar surface area (TPSA) is 69.7 Å². The largest absolute Gasteiger partial charge is 0.490 e. The van der Waals surface area contributed by atoms with Crippen molar-refractivity contribution < 1.29 is 22.7 Å². The van der Waals surface area contributed by atoms with E-state index in [-0.39, 0.29) is 18.0 Å². The van der Waals surface area contributed by atoms with Gasteiger partial charge in [-0.3, -0.25) is 4.79 Å². The summed E-state index contributed by atoms with van der Waals surface area (Å²) in [6.07, 6.45) is 1.09. The molecule has 0 bridgehead atoms. The molecule has 0 saturated carbocycles. The lowest BCUT2D eigenvalue weighted by Gasteiger charge is -2.12. The first-order valence-electron chi connectivity index (χ1n) is 6.48. The first-order chi connectivity index (χ1) is 9.37. The second-order valence-corrected chi connectivity index (χ2v) is 6.59. The van der Waals surface area contributed by atoms with Crippen molar-refractivity contribution in [1.29, 1.82) is 0 Å². The van der Waals surface area contributed by atoms with E-state index in [0.717, 1.165) is 6.26 Å². The molecular formula is C14H20O5S. The lowest BCUT2D eigenvalue weighted by molar-refractivity contribution is 0.0988. The van der Waals surface area contributed by atoms with Crippen molar-refractivity contribution in [2.45, 2.75) is 20.3 Å². The minimum absolute atomic E-state index is 0.0294. The summed E-state index contributed by atoms with van der Waals surface area (Å²) < 4.78 is 33.0. The van der Waals surface area contributed by atoms with E-state index < -0.39 is 9.84 Å². The van der Waals surface area contributed by atoms with Gasteiger partial charge < -0.3 is 9.47 Å². The van der Waals surface area contributed by atoms with Crippen LogP contribution in [0, 0.1) is 0 Å². The molecule has 0 aromatic heterocycles. The number of rotatable bonds is 8. The van der Waals surface area contributed by atoms with Gasteiger partial charge in [0.05, 0.1) is 19.0 Å². The van der Waals surface area contributed by atoms with Gasteiger partial charge in [0.25, 0.3) is 0 Å². The molecule has 1 aromatic carbocycles. The van der Waals surface area contributed by atoms with Gasteiger partial charge in [-0.2, -0.15) is 0 Å². The van der Waals surface area contributed by atoms with E-state index in [1.54, 1.807) is 18.2 Å². The highest BCUT2D eigenvalue weighted by Crippen LogP contribution is 2.29. The lowest BCUT2D eigenvalue weighted by atomic mass is 10.1. The monoisotopic (exact) mass is 300 g/mol. The summed E-state index contributed by atoms with van der Waals surface area (Å²) in [4.78, 5) is 12.0. The third-order valence-corrected chi connectivity index (χ3v) is 3.51. The van der Waals surface area contributed by atoms with Crippen LogP contribution in [0.3, 0.4) is 0 Å². The van der Waals surface area contributed by atoms with Crippen molar-refractivity contribution in [2.75, 3.05) is 25.2 Å². The molecular weight excluding hydrogens is 280 g/mol. The van der Waals surface area contributed by atoms with E-state index in [2.05, 4.69) is 0 Å². The Bertz CT molecular complexity index is 563. The highest BCUT2D eigenvalue weighted by atomic mass is 32.2. The van der Waals surface area contributed by atoms with Gasteiger partial charge in [0, 0.05) is 18.2 Å². The predicted octanol–water partition coefficient (Wildman–Crippen LogP) is 2.10. The Labute approximate surface area is 119 Å². The van der Waals surface area contributed by atoms with Crippen molar-refractivity contribution in [3.63, 3.8) is 0 Å². The first kappa shape index (κ1) is 16.5. The molecule has 0 aliphatic rings. The van der Waals surface area contributed by atoms with Gasteiger partial charge in [-0.05, 0) is 32.0 Å². The van der Waals surface area contributed by atoms with Gasteiger partial charge in [-0.15, -0.1) is 0 Å². The summed E-state index contributed by atoms with van der Waals surface area (Å²) in [5.41, 5.74) is 0.431. The van der Waals surface area contributed by atoms with Gasteiger partial charge in [-0.1, -0.05) is 0 Å². The predicted molar refractivity (Wildman–Crippen MR) is 77.4 cm³/mol. The zero-order valence-corrected chi connectivity index (χ0v) is 12.8. The van der Waals surface area contributed by atoms with Crippen LogP contribution in [-0.4, -0.2) is 39.4 Å². The maximum Gasteiger partial charge on any atom is 0.164 e. The molecule has 0 spiro atoms. The fourth-order valence-electron chi connectivity index (χ4n) is 1.65. The van der Waals surface area contributed by atoms with E-state index in [1.807, 2.05) is 13.8 Å². The summed E-state index contributed by atoms with van der Waals surface area (Å²) >= 11 is 0. The number of ketones is 1. The number of Topliss-reactive ketones (excluding diaryl/α,β-unsaturated/α-hetero) is 1. The van der Waals surface area contributed by atoms with Crippen molar-refractivity contribution in [3.8, 4) is 11.5 Å². The van der Waals surface area contributed by atoms with Gasteiger partial charge in [0.15, 0.2) is 17.3 Å². The maximum absolute atomic E-state index is 12.0. The van der Waals surface area contributed by atoms with Crippen LogP contribution >= 0.6 is 0 Å². The van der Waals surface area contributed by atoms with E-state index in [1.165, 1.54) is 0 Å². The zero-order valence-electron chi connectivity index (χ0n) is 12.0. The third kappa shape index (κ3) is 5.21. The Morgan fingerprint density at radius 1 is 1.10 bits per heavy atom. The van der Waals surface area contributed by atoms with Crippen LogP contribution < -0.4 is 9.47 Å². The smallest absolute Gasteiger partial charge is 0.164 e. The minimum Gasteiger partial charge on any atom is -0.490 e. The fraction of sp³-hybridized carbons (Fsp3) is 0.500. The molecule has 0 heterocycles. The standard InChI is InChI=1S/C14H20O5S/c1-4-18-13-7-6-11(10-14(13)19-5-2)12(15)8-9-20(3,16)17/h6-7,10H,4-5,8-9H2,1-3H3. The van der Waals surface area contributed by atoms with Gasteiger partial charge in [0.2, 0.25) is 0 Å². The summed E-state index contributed by atoms with van der Waals surface area (Å²) in [6.45, 7) is 4.66. The molecule has 1 rings (SSSR count). The van der Waals surface area contributed by atoms with Crippen LogP contribution in [0.2, 0.25) is 0 Å². The summed E-state index contributed by atoms with van der Waals surface area (Å²) in [5.74, 6) is 0.705.